The Bertz CT molecular complexity index is 1440. The fourth-order valence-corrected chi connectivity index (χ4v) is 4.89. The molecule has 4 aromatic rings. The highest BCUT2D eigenvalue weighted by Crippen LogP contribution is 2.43. The van der Waals surface area contributed by atoms with E-state index in [9.17, 15) is 4.79 Å². The van der Waals surface area contributed by atoms with Crippen LogP contribution in [0, 0.1) is 12.8 Å². The minimum absolute atomic E-state index is 0.0207. The maximum atomic E-state index is 12.3. The summed E-state index contributed by atoms with van der Waals surface area (Å²) in [6, 6.07) is 22.7. The van der Waals surface area contributed by atoms with Gasteiger partial charge in [0.15, 0.2) is 5.11 Å². The Hall–Kier alpha value is -3.68. The van der Waals surface area contributed by atoms with Gasteiger partial charge in [-0.15, -0.1) is 0 Å². The summed E-state index contributed by atoms with van der Waals surface area (Å²) in [6.07, 6.45) is 1.78. The molecule has 5 rings (SSSR count). The molecule has 3 heterocycles. The molecule has 2 N–H and O–H groups in total. The quantitative estimate of drug-likeness (QED) is 0.260. The molecular formula is C29H27ClN4O2S. The molecule has 0 saturated carbocycles. The van der Waals surface area contributed by atoms with E-state index in [1.165, 1.54) is 0 Å². The van der Waals surface area contributed by atoms with Crippen LogP contribution in [0.4, 0.5) is 11.4 Å². The lowest BCUT2D eigenvalue weighted by molar-refractivity contribution is -0.118. The van der Waals surface area contributed by atoms with E-state index in [-0.39, 0.29) is 23.9 Å². The van der Waals surface area contributed by atoms with Crippen molar-refractivity contribution in [3.05, 3.63) is 101 Å². The minimum atomic E-state index is -0.279. The number of aromatic nitrogens is 1. The molecule has 0 bridgehead atoms. The molecule has 6 nitrogen and oxygen atoms in total. The normalized spacial score (nSPS) is 17.2. The highest BCUT2D eigenvalue weighted by Gasteiger charge is 2.42. The standard InChI is InChI=1S/C29H27ClN4O2S/c1-17(2)28(35)32-22-12-11-21(16-18(22)3)34-27(26(33-29(34)37)23-6-4-5-15-31-23)25-14-13-24(36-25)19-7-9-20(30)10-8-19/h4-17,26-27H,1-3H3,(H,32,35)(H,33,37). The van der Waals surface area contributed by atoms with Crippen molar-refractivity contribution in [2.24, 2.45) is 5.92 Å². The summed E-state index contributed by atoms with van der Waals surface area (Å²) in [5, 5.41) is 7.70. The Kier molecular flexibility index (Phi) is 7.00. The van der Waals surface area contributed by atoms with Crippen LogP contribution in [0.2, 0.25) is 5.02 Å². The van der Waals surface area contributed by atoms with Crippen LogP contribution in [0.5, 0.6) is 0 Å². The number of anilines is 2. The first-order chi connectivity index (χ1) is 17.8. The number of benzene rings is 2. The van der Waals surface area contributed by atoms with Gasteiger partial charge in [0.05, 0.1) is 11.7 Å². The van der Waals surface area contributed by atoms with Crippen LogP contribution in [0.15, 0.2) is 83.4 Å². The van der Waals surface area contributed by atoms with Crippen molar-refractivity contribution in [1.29, 1.82) is 0 Å². The Morgan fingerprint density at radius 1 is 1.11 bits per heavy atom. The van der Waals surface area contributed by atoms with Crippen molar-refractivity contribution in [2.75, 3.05) is 10.2 Å². The van der Waals surface area contributed by atoms with Crippen LogP contribution in [0.1, 0.15) is 42.9 Å². The lowest BCUT2D eigenvalue weighted by Gasteiger charge is -2.27. The molecule has 1 amide bonds. The van der Waals surface area contributed by atoms with Crippen LogP contribution in [-0.4, -0.2) is 16.0 Å². The van der Waals surface area contributed by atoms with Gasteiger partial charge in [0, 0.05) is 34.1 Å². The molecule has 0 spiro atoms. The van der Waals surface area contributed by atoms with Gasteiger partial charge in [0.2, 0.25) is 5.91 Å². The van der Waals surface area contributed by atoms with E-state index >= 15 is 0 Å². The molecule has 37 heavy (non-hydrogen) atoms. The van der Waals surface area contributed by atoms with Gasteiger partial charge >= 0.3 is 0 Å². The summed E-state index contributed by atoms with van der Waals surface area (Å²) >= 11 is 11.9. The molecule has 2 atom stereocenters. The van der Waals surface area contributed by atoms with Crippen LogP contribution in [0.25, 0.3) is 11.3 Å². The SMILES string of the molecule is Cc1cc(N2C(=S)NC(c3ccccn3)C2c2ccc(-c3ccc(Cl)cc3)o2)ccc1NC(=O)C(C)C. The van der Waals surface area contributed by atoms with E-state index in [0.29, 0.717) is 10.1 Å². The van der Waals surface area contributed by atoms with E-state index in [1.54, 1.807) is 6.20 Å². The number of carbonyl (C=O) groups excluding carboxylic acids is 1. The van der Waals surface area contributed by atoms with E-state index in [2.05, 4.69) is 20.5 Å². The Labute approximate surface area is 226 Å². The van der Waals surface area contributed by atoms with Crippen molar-refractivity contribution in [3.63, 3.8) is 0 Å². The molecule has 0 aliphatic carbocycles. The lowest BCUT2D eigenvalue weighted by atomic mass is 10.0. The summed E-state index contributed by atoms with van der Waals surface area (Å²) in [6.45, 7) is 5.72. The Balaban J connectivity index is 1.54. The molecule has 2 aromatic heterocycles. The number of rotatable bonds is 6. The molecule has 2 aromatic carbocycles. The first kappa shape index (κ1) is 25.0. The van der Waals surface area contributed by atoms with E-state index in [0.717, 1.165) is 39.7 Å². The van der Waals surface area contributed by atoms with E-state index in [4.69, 9.17) is 28.2 Å². The molecule has 188 valence electrons. The highest BCUT2D eigenvalue weighted by atomic mass is 35.5. The first-order valence-electron chi connectivity index (χ1n) is 12.1. The van der Waals surface area contributed by atoms with Gasteiger partial charge in [-0.25, -0.2) is 0 Å². The number of pyridine rings is 1. The molecule has 8 heteroatoms. The largest absolute Gasteiger partial charge is 0.459 e. The second-order valence-electron chi connectivity index (χ2n) is 9.35. The molecule has 1 aliphatic rings. The lowest BCUT2D eigenvalue weighted by Crippen LogP contribution is -2.29. The number of aryl methyl sites for hydroxylation is 1. The van der Waals surface area contributed by atoms with Crippen LogP contribution in [-0.2, 0) is 4.79 Å². The third kappa shape index (κ3) is 5.10. The number of halogens is 1. The number of furan rings is 1. The van der Waals surface area contributed by atoms with Gasteiger partial charge < -0.3 is 20.0 Å². The maximum absolute atomic E-state index is 12.3. The van der Waals surface area contributed by atoms with Gasteiger partial charge in [0.1, 0.15) is 17.6 Å². The summed E-state index contributed by atoms with van der Waals surface area (Å²) < 4.78 is 6.41. The zero-order chi connectivity index (χ0) is 26.1. The van der Waals surface area contributed by atoms with Crippen LogP contribution >= 0.6 is 23.8 Å². The second kappa shape index (κ2) is 10.4. The van der Waals surface area contributed by atoms with Crippen molar-refractivity contribution in [1.82, 2.24) is 10.3 Å². The minimum Gasteiger partial charge on any atom is -0.459 e. The van der Waals surface area contributed by atoms with Gasteiger partial charge in [-0.1, -0.05) is 31.5 Å². The Morgan fingerprint density at radius 2 is 1.89 bits per heavy atom. The number of nitrogens with zero attached hydrogens (tertiary/aromatic N) is 2. The second-order valence-corrected chi connectivity index (χ2v) is 10.2. The third-order valence-electron chi connectivity index (χ3n) is 6.42. The summed E-state index contributed by atoms with van der Waals surface area (Å²) in [7, 11) is 0. The predicted molar refractivity (Wildman–Crippen MR) is 152 cm³/mol. The number of carbonyl (C=O) groups is 1. The van der Waals surface area contributed by atoms with Gasteiger partial charge in [-0.2, -0.15) is 0 Å². The molecule has 0 radical (unpaired) electrons. The van der Waals surface area contributed by atoms with Crippen LogP contribution in [0.3, 0.4) is 0 Å². The average Bonchev–Trinajstić information content (AvgIpc) is 3.51. The highest BCUT2D eigenvalue weighted by molar-refractivity contribution is 7.80. The summed E-state index contributed by atoms with van der Waals surface area (Å²) in [5.41, 5.74) is 4.41. The van der Waals surface area contributed by atoms with Crippen molar-refractivity contribution < 1.29 is 9.21 Å². The number of nitrogens with one attached hydrogen (secondary N) is 2. The molecule has 1 fully saturated rings. The maximum Gasteiger partial charge on any atom is 0.226 e. The average molecular weight is 531 g/mol. The summed E-state index contributed by atoms with van der Waals surface area (Å²) in [4.78, 5) is 18.9. The van der Waals surface area contributed by atoms with E-state index in [1.807, 2.05) is 93.6 Å². The monoisotopic (exact) mass is 530 g/mol. The van der Waals surface area contributed by atoms with Gasteiger partial charge in [0.25, 0.3) is 0 Å². The summed E-state index contributed by atoms with van der Waals surface area (Å²) in [5.74, 6) is 1.37. The zero-order valence-electron chi connectivity index (χ0n) is 20.7. The van der Waals surface area contributed by atoms with E-state index < -0.39 is 0 Å². The Morgan fingerprint density at radius 3 is 2.57 bits per heavy atom. The number of hydrogen-bond donors (Lipinski definition) is 2. The smallest absolute Gasteiger partial charge is 0.226 e. The number of hydrogen-bond acceptors (Lipinski definition) is 4. The topological polar surface area (TPSA) is 70.4 Å². The zero-order valence-corrected chi connectivity index (χ0v) is 22.3. The molecular weight excluding hydrogens is 504 g/mol. The third-order valence-corrected chi connectivity index (χ3v) is 6.98. The van der Waals surface area contributed by atoms with Crippen LogP contribution < -0.4 is 15.5 Å². The van der Waals surface area contributed by atoms with Crippen molar-refractivity contribution in [3.8, 4) is 11.3 Å². The number of amides is 1. The number of thiocarbonyl (C=S) groups is 1. The van der Waals surface area contributed by atoms with Crippen molar-refractivity contribution in [2.45, 2.75) is 32.9 Å². The fourth-order valence-electron chi connectivity index (χ4n) is 4.42. The first-order valence-corrected chi connectivity index (χ1v) is 12.9. The predicted octanol–water partition coefficient (Wildman–Crippen LogP) is 7.08. The van der Waals surface area contributed by atoms with Gasteiger partial charge in [-0.3, -0.25) is 9.78 Å². The molecule has 1 saturated heterocycles. The van der Waals surface area contributed by atoms with Crippen molar-refractivity contribution >= 4 is 46.2 Å². The fraction of sp³-hybridized carbons (Fsp3) is 0.207. The molecule has 1 aliphatic heterocycles. The molecule has 2 unspecified atom stereocenters. The van der Waals surface area contributed by atoms with Gasteiger partial charge in [-0.05, 0) is 91.4 Å².